The molecule has 0 radical (unpaired) electrons. The first-order valence-electron chi connectivity index (χ1n) is 4.78. The summed E-state index contributed by atoms with van der Waals surface area (Å²) in [5.41, 5.74) is 6.59. The molecule has 4 nitrogen and oxygen atoms in total. The van der Waals surface area contributed by atoms with E-state index in [1.54, 1.807) is 13.0 Å². The van der Waals surface area contributed by atoms with Crippen molar-refractivity contribution in [3.63, 3.8) is 0 Å². The summed E-state index contributed by atoms with van der Waals surface area (Å²) in [5.74, 6) is 0.385. The van der Waals surface area contributed by atoms with Crippen molar-refractivity contribution in [3.8, 4) is 5.75 Å². The van der Waals surface area contributed by atoms with E-state index >= 15 is 0 Å². The van der Waals surface area contributed by atoms with Crippen LogP contribution >= 0.6 is 0 Å². The van der Waals surface area contributed by atoms with Gasteiger partial charge in [0.15, 0.2) is 0 Å². The Balaban J connectivity index is 2.45. The zero-order valence-electron chi connectivity index (χ0n) is 8.08. The molecule has 4 N–H and O–H groups in total. The minimum absolute atomic E-state index is 0.0191. The van der Waals surface area contributed by atoms with Gasteiger partial charge in [0.1, 0.15) is 5.75 Å². The van der Waals surface area contributed by atoms with Gasteiger partial charge in [0.25, 0.3) is 5.56 Å². The first-order chi connectivity index (χ1) is 6.59. The molecule has 0 saturated heterocycles. The quantitative estimate of drug-likeness (QED) is 0.651. The van der Waals surface area contributed by atoms with Gasteiger partial charge in [-0.3, -0.25) is 4.79 Å². The number of nitrogens with two attached hydrogens (primary N) is 1. The van der Waals surface area contributed by atoms with Crippen LogP contribution in [0.5, 0.6) is 5.75 Å². The minimum Gasteiger partial charge on any atom is -0.507 e. The molecule has 76 valence electrons. The second kappa shape index (κ2) is 3.13. The molecule has 1 saturated carbocycles. The normalized spacial score (nSPS) is 18.1. The highest BCUT2D eigenvalue weighted by Gasteiger charge is 2.32. The molecule has 0 spiro atoms. The summed E-state index contributed by atoms with van der Waals surface area (Å²) in [6.07, 6.45) is 2.10. The standard InChI is InChI=1S/C10H14N2O2/c1-5-4-7(13)8(10(14)12-5)9(11)6-2-3-6/h4,6,9H,2-3,11H2,1H3,(H2,12,13,14)/t9-/m1/s1. The van der Waals surface area contributed by atoms with Crippen molar-refractivity contribution in [3.05, 3.63) is 27.7 Å². The van der Waals surface area contributed by atoms with Crippen molar-refractivity contribution in [1.29, 1.82) is 0 Å². The van der Waals surface area contributed by atoms with Crippen molar-refractivity contribution in [2.75, 3.05) is 0 Å². The van der Waals surface area contributed by atoms with E-state index in [0.717, 1.165) is 12.8 Å². The maximum absolute atomic E-state index is 11.5. The van der Waals surface area contributed by atoms with Gasteiger partial charge >= 0.3 is 0 Å². The fraction of sp³-hybridized carbons (Fsp3) is 0.500. The molecule has 1 aliphatic rings. The van der Waals surface area contributed by atoms with E-state index in [9.17, 15) is 9.90 Å². The molecule has 1 heterocycles. The van der Waals surface area contributed by atoms with Crippen molar-refractivity contribution < 1.29 is 5.11 Å². The molecule has 1 aromatic rings. The van der Waals surface area contributed by atoms with Gasteiger partial charge in [-0.05, 0) is 31.7 Å². The Labute approximate surface area is 81.8 Å². The topological polar surface area (TPSA) is 79.1 Å². The number of hydrogen-bond acceptors (Lipinski definition) is 3. The highest BCUT2D eigenvalue weighted by atomic mass is 16.3. The largest absolute Gasteiger partial charge is 0.507 e. The zero-order valence-corrected chi connectivity index (χ0v) is 8.08. The third-order valence-corrected chi connectivity index (χ3v) is 2.65. The minimum atomic E-state index is -0.320. The average molecular weight is 194 g/mol. The van der Waals surface area contributed by atoms with E-state index in [1.165, 1.54) is 0 Å². The molecule has 14 heavy (non-hydrogen) atoms. The Bertz CT molecular complexity index is 407. The van der Waals surface area contributed by atoms with Crippen molar-refractivity contribution in [1.82, 2.24) is 4.98 Å². The molecular formula is C10H14N2O2. The summed E-state index contributed by atoms with van der Waals surface area (Å²) in [7, 11) is 0. The monoisotopic (exact) mass is 194 g/mol. The van der Waals surface area contributed by atoms with Gasteiger partial charge in [0.2, 0.25) is 0 Å². The zero-order chi connectivity index (χ0) is 10.3. The van der Waals surface area contributed by atoms with Crippen molar-refractivity contribution in [2.24, 2.45) is 11.7 Å². The number of hydrogen-bond donors (Lipinski definition) is 3. The van der Waals surface area contributed by atoms with Gasteiger partial charge in [0, 0.05) is 11.7 Å². The van der Waals surface area contributed by atoms with Crippen LogP contribution < -0.4 is 11.3 Å². The van der Waals surface area contributed by atoms with E-state index in [-0.39, 0.29) is 17.4 Å². The molecule has 0 amide bonds. The molecule has 0 unspecified atom stereocenters. The predicted octanol–water partition coefficient (Wildman–Crippen LogP) is 0.799. The van der Waals surface area contributed by atoms with Crippen LogP contribution in [0, 0.1) is 12.8 Å². The van der Waals surface area contributed by atoms with Crippen molar-refractivity contribution in [2.45, 2.75) is 25.8 Å². The Kier molecular flexibility index (Phi) is 2.07. The predicted molar refractivity (Wildman–Crippen MR) is 53.1 cm³/mol. The Hall–Kier alpha value is -1.29. The molecular weight excluding hydrogens is 180 g/mol. The Morgan fingerprint density at radius 3 is 2.79 bits per heavy atom. The SMILES string of the molecule is Cc1cc(O)c([C@H](N)C2CC2)c(=O)[nH]1. The lowest BCUT2D eigenvalue weighted by Crippen LogP contribution is -2.23. The van der Waals surface area contributed by atoms with Gasteiger partial charge in [-0.1, -0.05) is 0 Å². The molecule has 4 heteroatoms. The Morgan fingerprint density at radius 2 is 2.29 bits per heavy atom. The second-order valence-corrected chi connectivity index (χ2v) is 3.94. The van der Waals surface area contributed by atoms with Gasteiger partial charge in [-0.2, -0.15) is 0 Å². The molecule has 1 atom stereocenters. The van der Waals surface area contributed by atoms with Gasteiger partial charge in [-0.25, -0.2) is 0 Å². The van der Waals surface area contributed by atoms with Gasteiger partial charge in [0.05, 0.1) is 5.56 Å². The third-order valence-electron chi connectivity index (χ3n) is 2.65. The smallest absolute Gasteiger partial charge is 0.256 e. The second-order valence-electron chi connectivity index (χ2n) is 3.94. The lowest BCUT2D eigenvalue weighted by Gasteiger charge is -2.11. The van der Waals surface area contributed by atoms with Gasteiger partial charge < -0.3 is 15.8 Å². The number of pyridine rings is 1. The van der Waals surface area contributed by atoms with Crippen LogP contribution in [0.4, 0.5) is 0 Å². The molecule has 0 aliphatic heterocycles. The van der Waals surface area contributed by atoms with E-state index < -0.39 is 0 Å². The summed E-state index contributed by atoms with van der Waals surface area (Å²) in [4.78, 5) is 14.2. The lowest BCUT2D eigenvalue weighted by molar-refractivity contribution is 0.452. The first kappa shape index (κ1) is 9.27. The maximum Gasteiger partial charge on any atom is 0.256 e. The first-order valence-corrected chi connectivity index (χ1v) is 4.78. The highest BCUT2D eigenvalue weighted by molar-refractivity contribution is 5.34. The third kappa shape index (κ3) is 1.53. The lowest BCUT2D eigenvalue weighted by atomic mass is 10.0. The van der Waals surface area contributed by atoms with Crippen LogP contribution in [-0.2, 0) is 0 Å². The fourth-order valence-electron chi connectivity index (χ4n) is 1.69. The van der Waals surface area contributed by atoms with Crippen molar-refractivity contribution >= 4 is 0 Å². The van der Waals surface area contributed by atoms with Crippen LogP contribution in [0.2, 0.25) is 0 Å². The fourth-order valence-corrected chi connectivity index (χ4v) is 1.69. The summed E-state index contributed by atoms with van der Waals surface area (Å²) < 4.78 is 0. The molecule has 1 aliphatic carbocycles. The maximum atomic E-state index is 11.5. The average Bonchev–Trinajstić information content (AvgIpc) is 2.83. The molecule has 0 aromatic carbocycles. The van der Waals surface area contributed by atoms with Crippen LogP contribution in [-0.4, -0.2) is 10.1 Å². The summed E-state index contributed by atoms with van der Waals surface area (Å²) >= 11 is 0. The molecule has 1 fully saturated rings. The highest BCUT2D eigenvalue weighted by Crippen LogP contribution is 2.40. The number of aromatic amines is 1. The van der Waals surface area contributed by atoms with Crippen LogP contribution in [0.3, 0.4) is 0 Å². The van der Waals surface area contributed by atoms with Crippen LogP contribution in [0.1, 0.15) is 30.1 Å². The van der Waals surface area contributed by atoms with E-state index in [4.69, 9.17) is 5.73 Å². The summed E-state index contributed by atoms with van der Waals surface area (Å²) in [6.45, 7) is 1.73. The number of rotatable bonds is 2. The molecule has 0 bridgehead atoms. The number of aromatic nitrogens is 1. The molecule has 2 rings (SSSR count). The van der Waals surface area contributed by atoms with E-state index in [1.807, 2.05) is 0 Å². The summed E-state index contributed by atoms with van der Waals surface area (Å²) in [6, 6.07) is 1.22. The van der Waals surface area contributed by atoms with Crippen LogP contribution in [0.15, 0.2) is 10.9 Å². The molecule has 1 aromatic heterocycles. The Morgan fingerprint density at radius 1 is 1.64 bits per heavy atom. The number of nitrogens with one attached hydrogen (secondary N) is 1. The van der Waals surface area contributed by atoms with Gasteiger partial charge in [-0.15, -0.1) is 0 Å². The van der Waals surface area contributed by atoms with E-state index in [2.05, 4.69) is 4.98 Å². The number of aryl methyl sites for hydroxylation is 1. The van der Waals surface area contributed by atoms with E-state index in [0.29, 0.717) is 17.2 Å². The number of H-pyrrole nitrogens is 1. The van der Waals surface area contributed by atoms with Crippen LogP contribution in [0.25, 0.3) is 0 Å². The summed E-state index contributed by atoms with van der Waals surface area (Å²) in [5, 5.41) is 9.62. The number of aromatic hydroxyl groups is 1.